The van der Waals surface area contributed by atoms with Crippen molar-refractivity contribution in [3.63, 3.8) is 0 Å². The summed E-state index contributed by atoms with van der Waals surface area (Å²) in [7, 11) is 0. The maximum absolute atomic E-state index is 11.4. The summed E-state index contributed by atoms with van der Waals surface area (Å²) in [5, 5.41) is -1.91. The second-order valence-corrected chi connectivity index (χ2v) is 21.1. The Hall–Kier alpha value is -9.52. The molecule has 0 saturated carbocycles. The minimum absolute atomic E-state index is 0.106. The van der Waals surface area contributed by atoms with Crippen molar-refractivity contribution in [2.45, 2.75) is 52.4 Å². The van der Waals surface area contributed by atoms with Crippen molar-refractivity contribution in [3.05, 3.63) is 253 Å². The van der Waals surface area contributed by atoms with E-state index >= 15 is 0 Å². The number of benzene rings is 11. The van der Waals surface area contributed by atoms with E-state index in [4.69, 9.17) is 12.3 Å². The monoisotopic (exact) mass is 1070 g/mol. The molecule has 0 bridgehead atoms. The van der Waals surface area contributed by atoms with Gasteiger partial charge in [0.15, 0.2) is 0 Å². The van der Waals surface area contributed by atoms with E-state index in [0.717, 1.165) is 14.0 Å². The maximum Gasteiger partial charge on any atom is 0.252 e. The van der Waals surface area contributed by atoms with Gasteiger partial charge in [-0.3, -0.25) is 0 Å². The van der Waals surface area contributed by atoms with E-state index in [1.807, 2.05) is 0 Å². The van der Waals surface area contributed by atoms with Crippen molar-refractivity contribution >= 4 is 118 Å². The summed E-state index contributed by atoms with van der Waals surface area (Å²) < 4.78 is 393. The van der Waals surface area contributed by atoms with E-state index in [1.54, 1.807) is 41.5 Å². The molecule has 0 radical (unpaired) electrons. The molecule has 13 aromatic rings. The summed E-state index contributed by atoms with van der Waals surface area (Å²) in [5.74, 6) is 0. The first-order chi connectivity index (χ1) is 55.7. The van der Waals surface area contributed by atoms with Crippen LogP contribution in [0, 0.1) is 0 Å². The molecule has 0 N–H and O–H groups in total. The summed E-state index contributed by atoms with van der Waals surface area (Å²) in [5.41, 5.74) is -21.1. The first-order valence-corrected chi connectivity index (χ1v) is 25.0. The largest absolute Gasteiger partial charge is 0.311 e. The molecule has 382 valence electrons. The number of rotatable bonds is 6. The molecular formula is C74H58BN5. The Morgan fingerprint density at radius 1 is 0.362 bits per heavy atom. The molecule has 0 saturated heterocycles. The molecule has 0 fully saturated rings. The topological polar surface area (TPSA) is 19.6 Å². The van der Waals surface area contributed by atoms with Gasteiger partial charge in [0.2, 0.25) is 0 Å². The van der Waals surface area contributed by atoms with Crippen LogP contribution in [0.25, 0.3) is 66.1 Å². The molecule has 0 unspecified atom stereocenters. The van der Waals surface area contributed by atoms with Gasteiger partial charge in [-0.1, -0.05) is 181 Å². The highest BCUT2D eigenvalue weighted by Gasteiger charge is 2.47. The summed E-state index contributed by atoms with van der Waals surface area (Å²) in [6.45, 7) is 7.27. The lowest BCUT2D eigenvalue weighted by molar-refractivity contribution is 0.590. The zero-order chi connectivity index (χ0) is 88.6. The predicted octanol–water partition coefficient (Wildman–Crippen LogP) is 18.0. The van der Waals surface area contributed by atoms with Gasteiger partial charge in [-0.15, -0.1) is 0 Å². The fraction of sp³-hybridized carbons (Fsp3) is 0.108. The molecule has 80 heavy (non-hydrogen) atoms. The average Bonchev–Trinajstić information content (AvgIpc) is 1.60. The van der Waals surface area contributed by atoms with Crippen LogP contribution in [0.3, 0.4) is 0 Å². The van der Waals surface area contributed by atoms with Gasteiger partial charge in [-0.05, 0) is 152 Å². The van der Waals surface area contributed by atoms with Gasteiger partial charge in [0.25, 0.3) is 6.71 Å². The van der Waals surface area contributed by atoms with Crippen LogP contribution >= 0.6 is 0 Å². The summed E-state index contributed by atoms with van der Waals surface area (Å²) in [6.07, 6.45) is 0. The number of fused-ring (bicyclic) bond motifs is 12. The molecule has 0 aliphatic carbocycles. The second kappa shape index (κ2) is 17.0. The Kier molecular flexibility index (Phi) is 4.59. The Morgan fingerprint density at radius 2 is 0.900 bits per heavy atom. The van der Waals surface area contributed by atoms with Gasteiger partial charge in [-0.25, -0.2) is 0 Å². The van der Waals surface area contributed by atoms with Gasteiger partial charge in [0, 0.05) is 61.4 Å². The average molecular weight is 1070 g/mol. The Morgan fingerprint density at radius 3 is 1.55 bits per heavy atom. The fourth-order valence-corrected chi connectivity index (χ4v) is 10.7. The molecule has 0 atom stereocenters. The van der Waals surface area contributed by atoms with Crippen LogP contribution in [-0.2, 0) is 10.8 Å². The molecule has 0 spiro atoms. The van der Waals surface area contributed by atoms with Crippen LogP contribution in [0.1, 0.15) is 107 Å². The SMILES string of the molecule is [2H]c1c([2H])c([2H])c(-c2c([2H])c([2H])c(N3c4c([2H])c(-n5c6c([2H])c([2H])c(C(C)(C)C)c([2H])c6c6c([2H])c(C(C)(C)C)c([2H])c([2H])c65)c([2H])c([2H])c4B4c5c3c([2H])c(N(c3c([2H])c([2H])c([2H])c([2H])c3[2H])c3c([2H])c([2H])c([2H])c([2H])c3[2H])c([2H])c5N3c5c4c([2H])c([2H])c([2H])c5-n4c5c([2H])c([2H])c([2H])c([2H])c5c5c([2H])c([2H])c([2H])c3c54)c([2H])c2[2H])c([2H])c1[2H]. The molecule has 5 nitrogen and oxygen atoms in total. The normalized spacial score (nSPS) is 20.3. The van der Waals surface area contributed by atoms with Crippen molar-refractivity contribution in [1.82, 2.24) is 9.13 Å². The van der Waals surface area contributed by atoms with Crippen molar-refractivity contribution in [3.8, 4) is 22.5 Å². The van der Waals surface area contributed by atoms with Gasteiger partial charge in [-0.2, -0.15) is 0 Å². The second-order valence-electron chi connectivity index (χ2n) is 21.1. The number of hydrogen-bond acceptors (Lipinski definition) is 3. The van der Waals surface area contributed by atoms with Crippen LogP contribution in [0.4, 0.5) is 51.2 Å². The molecule has 0 amide bonds. The highest BCUT2D eigenvalue weighted by Crippen LogP contribution is 2.54. The maximum atomic E-state index is 11.4. The van der Waals surface area contributed by atoms with E-state index in [2.05, 4.69) is 0 Å². The van der Waals surface area contributed by atoms with Crippen molar-refractivity contribution in [2.24, 2.45) is 0 Å². The fourth-order valence-electron chi connectivity index (χ4n) is 10.7. The smallest absolute Gasteiger partial charge is 0.252 e. The van der Waals surface area contributed by atoms with Crippen molar-refractivity contribution < 1.29 is 54.8 Å². The number of anilines is 9. The molecule has 6 heteroatoms. The molecule has 3 aliphatic rings. The minimum atomic E-state index is -2.43. The number of nitrogens with zero attached hydrogens (tertiary/aromatic N) is 5. The quantitative estimate of drug-likeness (QED) is 0.155. The minimum Gasteiger partial charge on any atom is -0.311 e. The van der Waals surface area contributed by atoms with Gasteiger partial charge < -0.3 is 23.8 Å². The van der Waals surface area contributed by atoms with Gasteiger partial charge in [0.1, 0.15) is 0 Å². The van der Waals surface area contributed by atoms with E-state index in [0.29, 0.717) is 9.80 Å². The lowest BCUT2D eigenvalue weighted by Gasteiger charge is -2.46. The molecule has 11 aromatic carbocycles. The Labute approximate surface area is 524 Å². The summed E-state index contributed by atoms with van der Waals surface area (Å²) in [4.78, 5) is 1.67. The zero-order valence-corrected chi connectivity index (χ0v) is 42.8. The third kappa shape index (κ3) is 6.78. The van der Waals surface area contributed by atoms with Gasteiger partial charge >= 0.3 is 0 Å². The van der Waals surface area contributed by atoms with Crippen molar-refractivity contribution in [1.29, 1.82) is 0 Å². The zero-order valence-electron chi connectivity index (χ0n) is 82.8. The Bertz CT molecular complexity index is 6880. The lowest BCUT2D eigenvalue weighted by Crippen LogP contribution is -2.61. The number of aromatic nitrogens is 2. The lowest BCUT2D eigenvalue weighted by atomic mass is 9.33. The summed E-state index contributed by atoms with van der Waals surface area (Å²) in [6, 6.07) is -43.6. The van der Waals surface area contributed by atoms with Crippen LogP contribution in [0.5, 0.6) is 0 Å². The molecule has 2 aromatic heterocycles. The molecule has 16 rings (SSSR count). The highest BCUT2D eigenvalue weighted by molar-refractivity contribution is 7.00. The third-order valence-corrected chi connectivity index (χ3v) is 14.3. The highest BCUT2D eigenvalue weighted by atomic mass is 15.2. The third-order valence-electron chi connectivity index (χ3n) is 14.3. The number of hydrogen-bond donors (Lipinski definition) is 0. The van der Waals surface area contributed by atoms with E-state index in [1.165, 1.54) is 0 Å². The predicted molar refractivity (Wildman–Crippen MR) is 340 cm³/mol. The van der Waals surface area contributed by atoms with Crippen LogP contribution in [0.2, 0.25) is 0 Å². The van der Waals surface area contributed by atoms with Crippen molar-refractivity contribution in [2.75, 3.05) is 14.7 Å². The molecular weight excluding hydrogens is 970 g/mol. The van der Waals surface area contributed by atoms with Crippen LogP contribution in [0.15, 0.2) is 242 Å². The standard InChI is InChI=1S/C74H58BN5/c1-73(2,3)49-34-40-63-58(42-49)59-43-50(74(4,5)6)35-41-64(59)78(63)54-38-39-60-67(44-54)77(53-36-32-48(33-37-53)47-20-10-7-11-21-47)68-45-55(76(51-22-12-8-13-23-51)52-24-14-9-15-25-52)46-69-70(68)75(60)61-28-19-31-66-72(61)80(69)65-30-18-27-57-56-26-16-17-29-62(56)79(66)71(57)65/h7-46H,1-6H3/i7D,8D,9D,10D,11D,12D,13D,14D,15D,16D,17D,18D,19D,20D,21D,22D,23D,24D,25D,26D,27D,28D,29D,30D,31D,32D,33D,34D,35D,36D,37D,38D,39D,40D,41D,42D,43D,44D,45D,46D. The summed E-state index contributed by atoms with van der Waals surface area (Å²) >= 11 is 0. The van der Waals surface area contributed by atoms with E-state index < -0.39 is 382 Å². The molecule has 5 heterocycles. The first-order valence-electron chi connectivity index (χ1n) is 45.0. The number of para-hydroxylation sites is 5. The first kappa shape index (κ1) is 21.6. The van der Waals surface area contributed by atoms with Gasteiger partial charge in [0.05, 0.1) is 99.6 Å². The molecule has 3 aliphatic heterocycles. The van der Waals surface area contributed by atoms with Crippen LogP contribution in [-0.4, -0.2) is 15.8 Å². The van der Waals surface area contributed by atoms with Crippen LogP contribution < -0.4 is 31.1 Å². The van der Waals surface area contributed by atoms with E-state index in [9.17, 15) is 42.5 Å². The van der Waals surface area contributed by atoms with E-state index in [-0.39, 0.29) is 21.9 Å². The Balaban J connectivity index is 1.25.